The summed E-state index contributed by atoms with van der Waals surface area (Å²) in [6.45, 7) is 1.75. The molecule has 28 heavy (non-hydrogen) atoms. The first-order valence-electron chi connectivity index (χ1n) is 8.72. The quantitative estimate of drug-likeness (QED) is 0.470. The van der Waals surface area contributed by atoms with Gasteiger partial charge in [0.25, 0.3) is 0 Å². The van der Waals surface area contributed by atoms with Gasteiger partial charge in [0.1, 0.15) is 18.8 Å². The number of halogens is 4. The lowest BCUT2D eigenvalue weighted by molar-refractivity contribution is -0.269. The third kappa shape index (κ3) is 6.76. The van der Waals surface area contributed by atoms with Gasteiger partial charge in [0, 0.05) is 17.5 Å². The second kappa shape index (κ2) is 10.1. The van der Waals surface area contributed by atoms with Crippen LogP contribution in [0.4, 0.5) is 9.59 Å². The molecule has 1 aliphatic rings. The number of alkyl halides is 3. The van der Waals surface area contributed by atoms with Crippen molar-refractivity contribution in [3.63, 3.8) is 0 Å². The molecule has 1 saturated heterocycles. The predicted molar refractivity (Wildman–Crippen MR) is 106 cm³/mol. The Bertz CT molecular complexity index is 680. The molecule has 1 heterocycles. The minimum Gasteiger partial charge on any atom is -0.530 e. The van der Waals surface area contributed by atoms with Crippen LogP contribution in [0.5, 0.6) is 0 Å². The van der Waals surface area contributed by atoms with E-state index in [0.29, 0.717) is 5.02 Å². The summed E-state index contributed by atoms with van der Waals surface area (Å²) in [5.41, 5.74) is 0.889. The first-order valence-corrected chi connectivity index (χ1v) is 10.2. The largest absolute Gasteiger partial charge is 0.530 e. The first kappa shape index (κ1) is 23.2. The van der Waals surface area contributed by atoms with Crippen LogP contribution in [-0.2, 0) is 9.47 Å². The fourth-order valence-corrected chi connectivity index (χ4v) is 3.77. The number of carbonyl (C=O) groups is 2. The molecular weight excluding hydrogens is 452 g/mol. The number of piperidine rings is 1. The Morgan fingerprint density at radius 3 is 2.39 bits per heavy atom. The first-order chi connectivity index (χ1) is 13.1. The van der Waals surface area contributed by atoms with E-state index in [1.165, 1.54) is 0 Å². The topological polar surface area (TPSA) is 78.9 Å². The highest BCUT2D eigenvalue weighted by Gasteiger charge is 2.40. The van der Waals surface area contributed by atoms with Gasteiger partial charge in [-0.05, 0) is 30.0 Å². The maximum absolute atomic E-state index is 12.1. The van der Waals surface area contributed by atoms with Crippen molar-refractivity contribution in [2.24, 2.45) is 5.92 Å². The molecule has 0 radical (unpaired) electrons. The van der Waals surface area contributed by atoms with Gasteiger partial charge in [-0.25, -0.2) is 4.79 Å². The summed E-state index contributed by atoms with van der Waals surface area (Å²) in [4.78, 5) is 24.7. The van der Waals surface area contributed by atoms with E-state index in [9.17, 15) is 14.7 Å². The molecule has 1 aromatic rings. The minimum absolute atomic E-state index is 0.0429. The zero-order valence-corrected chi connectivity index (χ0v) is 18.1. The summed E-state index contributed by atoms with van der Waals surface area (Å²) < 4.78 is 8.51. The third-order valence-corrected chi connectivity index (χ3v) is 5.12. The van der Waals surface area contributed by atoms with Gasteiger partial charge in [-0.2, -0.15) is 0 Å². The molecule has 3 unspecified atom stereocenters. The third-order valence-electron chi connectivity index (χ3n) is 4.54. The van der Waals surface area contributed by atoms with E-state index in [4.69, 9.17) is 55.9 Å². The Morgan fingerprint density at radius 1 is 1.21 bits per heavy atom. The Hall–Kier alpha value is -1.08. The number of hydrogen-bond donors (Lipinski definition) is 0. The molecule has 1 fully saturated rings. The van der Waals surface area contributed by atoms with Crippen LogP contribution in [0.1, 0.15) is 31.2 Å². The molecule has 0 aliphatic carbocycles. The molecule has 6 nitrogen and oxygen atoms in total. The van der Waals surface area contributed by atoms with Crippen LogP contribution in [0, 0.1) is 5.92 Å². The van der Waals surface area contributed by atoms with Crippen LogP contribution in [0.3, 0.4) is 0 Å². The maximum atomic E-state index is 12.1. The summed E-state index contributed by atoms with van der Waals surface area (Å²) in [6.07, 6.45) is -1.57. The van der Waals surface area contributed by atoms with Crippen molar-refractivity contribution in [3.05, 3.63) is 34.9 Å². The van der Waals surface area contributed by atoms with Gasteiger partial charge in [0.2, 0.25) is 3.79 Å². The van der Waals surface area contributed by atoms with Crippen LogP contribution >= 0.6 is 46.4 Å². The van der Waals surface area contributed by atoms with Gasteiger partial charge in [0.15, 0.2) is 0 Å². The Morgan fingerprint density at radius 2 is 1.86 bits per heavy atom. The number of benzene rings is 1. The number of likely N-dealkylation sites (tertiary alicyclic amines) is 1. The molecule has 2 rings (SSSR count). The van der Waals surface area contributed by atoms with Crippen molar-refractivity contribution >= 4 is 58.7 Å². The summed E-state index contributed by atoms with van der Waals surface area (Å²) >= 11 is 22.7. The smallest absolute Gasteiger partial charge is 0.508 e. The Balaban J connectivity index is 2.26. The van der Waals surface area contributed by atoms with E-state index in [1.807, 2.05) is 19.1 Å². The lowest BCUT2D eigenvalue weighted by atomic mass is 9.76. The van der Waals surface area contributed by atoms with E-state index in [-0.39, 0.29) is 24.9 Å². The highest BCUT2D eigenvalue weighted by Crippen LogP contribution is 2.38. The molecule has 0 spiro atoms. The van der Waals surface area contributed by atoms with Gasteiger partial charge < -0.3 is 24.3 Å². The zero-order chi connectivity index (χ0) is 20.9. The van der Waals surface area contributed by atoms with E-state index in [0.717, 1.165) is 23.3 Å². The highest BCUT2D eigenvalue weighted by molar-refractivity contribution is 6.67. The standard InChI is InChI=1S/C18H21Cl4NO5/c1-2-3-12-8-23(16(24)25)9-14(28-17(26)27-10-18(20,21)22)15(12)11-4-6-13(19)7-5-11/h4-7,12,14-15H,2-3,8-10H2,1H3,(H,24,25)/p-1. The molecule has 0 aromatic heterocycles. The fourth-order valence-electron chi connectivity index (χ4n) is 3.48. The number of rotatable bonds is 5. The van der Waals surface area contributed by atoms with Crippen LogP contribution in [0.25, 0.3) is 0 Å². The normalized spacial score (nSPS) is 22.6. The predicted octanol–water partition coefficient (Wildman–Crippen LogP) is 4.39. The van der Waals surface area contributed by atoms with Gasteiger partial charge in [0.05, 0.1) is 6.54 Å². The molecule has 0 saturated carbocycles. The van der Waals surface area contributed by atoms with Gasteiger partial charge in [-0.3, -0.25) is 0 Å². The van der Waals surface area contributed by atoms with Crippen molar-refractivity contribution in [1.29, 1.82) is 0 Å². The van der Waals surface area contributed by atoms with E-state index in [2.05, 4.69) is 0 Å². The van der Waals surface area contributed by atoms with E-state index >= 15 is 0 Å². The molecule has 0 bridgehead atoms. The van der Waals surface area contributed by atoms with Crippen molar-refractivity contribution in [3.8, 4) is 0 Å². The van der Waals surface area contributed by atoms with Crippen molar-refractivity contribution in [2.45, 2.75) is 35.6 Å². The summed E-state index contributed by atoms with van der Waals surface area (Å²) in [7, 11) is 0. The molecule has 156 valence electrons. The number of hydrogen-bond acceptors (Lipinski definition) is 5. The van der Waals surface area contributed by atoms with Crippen LogP contribution in [-0.4, -0.2) is 46.7 Å². The number of ether oxygens (including phenoxy) is 2. The van der Waals surface area contributed by atoms with E-state index < -0.39 is 28.8 Å². The number of nitrogens with zero attached hydrogens (tertiary/aromatic N) is 1. The van der Waals surface area contributed by atoms with E-state index in [1.54, 1.807) is 12.1 Å². The van der Waals surface area contributed by atoms with Crippen LogP contribution in [0.15, 0.2) is 24.3 Å². The molecule has 3 atom stereocenters. The maximum Gasteiger partial charge on any atom is 0.508 e. The summed E-state index contributed by atoms with van der Waals surface area (Å²) in [5, 5.41) is 12.0. The summed E-state index contributed by atoms with van der Waals surface area (Å²) in [6, 6.07) is 7.16. The number of amides is 1. The molecule has 0 N–H and O–H groups in total. The monoisotopic (exact) mass is 470 g/mol. The second-order valence-corrected chi connectivity index (χ2v) is 9.56. The number of carbonyl (C=O) groups excluding carboxylic acids is 2. The molecule has 1 amide bonds. The molecule has 1 aliphatic heterocycles. The van der Waals surface area contributed by atoms with Crippen molar-refractivity contribution in [1.82, 2.24) is 4.90 Å². The molecular formula is C18H20Cl4NO5-. The SMILES string of the molecule is CCCC1CN(C(=O)[O-])CC(OC(=O)OCC(Cl)(Cl)Cl)C1c1ccc(Cl)cc1. The average Bonchev–Trinajstić information content (AvgIpc) is 2.60. The minimum atomic E-state index is -1.77. The highest BCUT2D eigenvalue weighted by atomic mass is 35.6. The van der Waals surface area contributed by atoms with Crippen LogP contribution < -0.4 is 5.11 Å². The number of carboxylic acid groups (broad SMARTS) is 1. The van der Waals surface area contributed by atoms with Crippen molar-refractivity contribution in [2.75, 3.05) is 19.7 Å². The molecule has 1 aromatic carbocycles. The Kier molecular flexibility index (Phi) is 8.37. The van der Waals surface area contributed by atoms with Crippen LogP contribution in [0.2, 0.25) is 5.02 Å². The molecule has 10 heteroatoms. The van der Waals surface area contributed by atoms with Gasteiger partial charge in [-0.15, -0.1) is 0 Å². The zero-order valence-electron chi connectivity index (χ0n) is 15.1. The average molecular weight is 472 g/mol. The fraction of sp³-hybridized carbons (Fsp3) is 0.556. The lowest BCUT2D eigenvalue weighted by Crippen LogP contribution is -2.55. The lowest BCUT2D eigenvalue weighted by Gasteiger charge is -2.44. The summed E-state index contributed by atoms with van der Waals surface area (Å²) in [5.74, 6) is -0.322. The van der Waals surface area contributed by atoms with Gasteiger partial charge >= 0.3 is 6.16 Å². The second-order valence-electron chi connectivity index (χ2n) is 6.61. The van der Waals surface area contributed by atoms with Crippen molar-refractivity contribution < 1.29 is 24.2 Å². The Labute approximate surface area is 183 Å². The van der Waals surface area contributed by atoms with Gasteiger partial charge in [-0.1, -0.05) is 71.9 Å².